The van der Waals surface area contributed by atoms with Crippen LogP contribution in [0.2, 0.25) is 0 Å². The topological polar surface area (TPSA) is 74.9 Å². The molecule has 0 saturated carbocycles. The van der Waals surface area contributed by atoms with Gasteiger partial charge < -0.3 is 15.4 Å². The number of aromatic nitrogens is 3. The normalized spacial score (nSPS) is 25.3. The van der Waals surface area contributed by atoms with Gasteiger partial charge in [-0.1, -0.05) is 30.3 Å². The molecule has 0 unspecified atom stereocenters. The molecular weight excluding hydrogens is 407 g/mol. The van der Waals surface area contributed by atoms with Gasteiger partial charge in [0.15, 0.2) is 0 Å². The molecule has 1 aromatic heterocycles. The third-order valence-corrected chi connectivity index (χ3v) is 6.05. The highest BCUT2D eigenvalue weighted by Gasteiger charge is 2.43. The molecule has 162 valence electrons. The zero-order valence-corrected chi connectivity index (χ0v) is 16.6. The van der Waals surface area contributed by atoms with Gasteiger partial charge >= 0.3 is 6.18 Å². The second-order valence-electron chi connectivity index (χ2n) is 7.97. The van der Waals surface area contributed by atoms with Gasteiger partial charge in [0.05, 0.1) is 23.8 Å². The average molecular weight is 429 g/mol. The molecule has 1 fully saturated rings. The number of aromatic amines is 1. The summed E-state index contributed by atoms with van der Waals surface area (Å²) in [5.74, 6) is 0.567. The van der Waals surface area contributed by atoms with Gasteiger partial charge in [-0.05, 0) is 36.6 Å². The Labute approximate surface area is 177 Å². The first-order valence-electron chi connectivity index (χ1n) is 10.3. The van der Waals surface area contributed by atoms with Gasteiger partial charge in [-0.3, -0.25) is 0 Å². The third-order valence-electron chi connectivity index (χ3n) is 6.05. The number of H-pyrrole nitrogens is 1. The monoisotopic (exact) mass is 429 g/mol. The minimum Gasteiger partial charge on any atom is -0.378 e. The van der Waals surface area contributed by atoms with Crippen LogP contribution in [0.5, 0.6) is 0 Å². The molecule has 0 aliphatic carbocycles. The zero-order valence-electron chi connectivity index (χ0n) is 16.6. The standard InChI is InChI=1S/C22H22F3N5O/c23-22(24,25)14-6-9-18-17(10-14)20-16(19(29-18)13-4-2-1-3-5-13)8-7-15(31-20)11-26-21-27-12-28-30-21/h1-6,9-10,12,15-16,19-20,29H,7-8,11H2,(H2,26,27,28,30)/t15-,16+,19+,20+/m1/s1. The first-order valence-corrected chi connectivity index (χ1v) is 10.3. The van der Waals surface area contributed by atoms with Crippen LogP contribution in [0, 0.1) is 5.92 Å². The Balaban J connectivity index is 1.46. The first-order chi connectivity index (χ1) is 15.0. The Bertz CT molecular complexity index is 1030. The van der Waals surface area contributed by atoms with E-state index >= 15 is 0 Å². The van der Waals surface area contributed by atoms with E-state index in [9.17, 15) is 13.2 Å². The van der Waals surface area contributed by atoms with Gasteiger partial charge in [-0.2, -0.15) is 18.3 Å². The van der Waals surface area contributed by atoms with Crippen molar-refractivity contribution in [3.63, 3.8) is 0 Å². The summed E-state index contributed by atoms with van der Waals surface area (Å²) in [6.07, 6.45) is -1.95. The number of benzene rings is 2. The van der Waals surface area contributed by atoms with Crippen molar-refractivity contribution >= 4 is 11.6 Å². The second-order valence-corrected chi connectivity index (χ2v) is 7.97. The molecule has 0 radical (unpaired) electrons. The third kappa shape index (κ3) is 3.97. The molecule has 2 aromatic carbocycles. The summed E-state index contributed by atoms with van der Waals surface area (Å²) in [6, 6.07) is 13.8. The quantitative estimate of drug-likeness (QED) is 0.548. The van der Waals surface area contributed by atoms with Crippen molar-refractivity contribution in [3.05, 3.63) is 71.5 Å². The van der Waals surface area contributed by atoms with Gasteiger partial charge in [-0.25, -0.2) is 10.1 Å². The van der Waals surface area contributed by atoms with E-state index in [0.717, 1.165) is 24.5 Å². The van der Waals surface area contributed by atoms with Crippen molar-refractivity contribution in [2.24, 2.45) is 5.92 Å². The SMILES string of the molecule is FC(F)(F)c1ccc2c(c1)[C@H]1O[C@@H](CNc3ncn[nH]3)CC[C@H]1[C@H](c1ccccc1)N2. The fourth-order valence-corrected chi connectivity index (χ4v) is 4.57. The van der Waals surface area contributed by atoms with Crippen molar-refractivity contribution < 1.29 is 17.9 Å². The molecule has 0 bridgehead atoms. The summed E-state index contributed by atoms with van der Waals surface area (Å²) in [5, 5.41) is 13.2. The Kier molecular flexibility index (Phi) is 5.05. The number of ether oxygens (including phenoxy) is 1. The van der Waals surface area contributed by atoms with Crippen molar-refractivity contribution in [2.75, 3.05) is 17.2 Å². The fraction of sp³-hybridized carbons (Fsp3) is 0.364. The number of rotatable bonds is 4. The molecule has 6 nitrogen and oxygen atoms in total. The van der Waals surface area contributed by atoms with E-state index in [1.165, 1.54) is 18.5 Å². The maximum atomic E-state index is 13.4. The van der Waals surface area contributed by atoms with Gasteiger partial charge in [0.2, 0.25) is 5.95 Å². The van der Waals surface area contributed by atoms with Gasteiger partial charge in [0, 0.05) is 23.7 Å². The largest absolute Gasteiger partial charge is 0.416 e. The van der Waals surface area contributed by atoms with Crippen LogP contribution in [0.3, 0.4) is 0 Å². The van der Waals surface area contributed by atoms with E-state index in [0.29, 0.717) is 23.7 Å². The lowest BCUT2D eigenvalue weighted by Crippen LogP contribution is -2.41. The predicted octanol–water partition coefficient (Wildman–Crippen LogP) is 4.94. The molecule has 0 spiro atoms. The number of nitrogens with zero attached hydrogens (tertiary/aromatic N) is 2. The van der Waals surface area contributed by atoms with E-state index in [2.05, 4.69) is 25.8 Å². The number of anilines is 2. The minimum absolute atomic E-state index is 0.0277. The second kappa shape index (κ2) is 7.88. The average Bonchev–Trinajstić information content (AvgIpc) is 3.30. The Morgan fingerprint density at radius 2 is 1.94 bits per heavy atom. The van der Waals surface area contributed by atoms with Gasteiger partial charge in [-0.15, -0.1) is 0 Å². The van der Waals surface area contributed by atoms with Crippen molar-refractivity contribution in [3.8, 4) is 0 Å². The summed E-state index contributed by atoms with van der Waals surface area (Å²) in [7, 11) is 0. The van der Waals surface area contributed by atoms with E-state index in [1.807, 2.05) is 30.3 Å². The maximum absolute atomic E-state index is 13.4. The van der Waals surface area contributed by atoms with Gasteiger partial charge in [0.25, 0.3) is 0 Å². The Hall–Kier alpha value is -3.07. The lowest BCUT2D eigenvalue weighted by molar-refractivity contribution is -0.138. The summed E-state index contributed by atoms with van der Waals surface area (Å²) in [6.45, 7) is 0.496. The summed E-state index contributed by atoms with van der Waals surface area (Å²) in [5.41, 5.74) is 1.70. The van der Waals surface area contributed by atoms with Gasteiger partial charge in [0.1, 0.15) is 6.33 Å². The number of halogens is 3. The summed E-state index contributed by atoms with van der Waals surface area (Å²) in [4.78, 5) is 4.04. The van der Waals surface area contributed by atoms with E-state index < -0.39 is 17.8 Å². The number of hydrogen-bond acceptors (Lipinski definition) is 5. The molecule has 0 amide bonds. The molecule has 4 atom stereocenters. The first kappa shape index (κ1) is 19.9. The van der Waals surface area contributed by atoms with Crippen molar-refractivity contribution in [1.29, 1.82) is 0 Å². The smallest absolute Gasteiger partial charge is 0.378 e. The highest BCUT2D eigenvalue weighted by Crippen LogP contribution is 2.51. The van der Waals surface area contributed by atoms with Crippen LogP contribution in [0.1, 0.15) is 41.7 Å². The molecule has 3 heterocycles. The molecule has 1 saturated heterocycles. The molecule has 2 aliphatic heterocycles. The van der Waals surface area contributed by atoms with Crippen LogP contribution < -0.4 is 10.6 Å². The fourth-order valence-electron chi connectivity index (χ4n) is 4.57. The van der Waals surface area contributed by atoms with E-state index in [1.54, 1.807) is 0 Å². The molecule has 3 aromatic rings. The Morgan fingerprint density at radius 3 is 2.68 bits per heavy atom. The molecule has 9 heteroatoms. The maximum Gasteiger partial charge on any atom is 0.416 e. The summed E-state index contributed by atoms with van der Waals surface area (Å²) >= 11 is 0. The van der Waals surface area contributed by atoms with Crippen LogP contribution in [-0.2, 0) is 10.9 Å². The highest BCUT2D eigenvalue weighted by molar-refractivity contribution is 5.58. The van der Waals surface area contributed by atoms with Crippen LogP contribution >= 0.6 is 0 Å². The van der Waals surface area contributed by atoms with Crippen molar-refractivity contribution in [2.45, 2.75) is 37.3 Å². The van der Waals surface area contributed by atoms with E-state index in [-0.39, 0.29) is 18.1 Å². The van der Waals surface area contributed by atoms with Crippen molar-refractivity contribution in [1.82, 2.24) is 15.2 Å². The summed E-state index contributed by atoms with van der Waals surface area (Å²) < 4.78 is 46.6. The van der Waals surface area contributed by atoms with Crippen LogP contribution in [-0.4, -0.2) is 27.8 Å². The molecule has 2 aliphatic rings. The number of alkyl halides is 3. The minimum atomic E-state index is -4.40. The van der Waals surface area contributed by atoms with E-state index in [4.69, 9.17) is 4.74 Å². The molecule has 31 heavy (non-hydrogen) atoms. The molecule has 3 N–H and O–H groups in total. The van der Waals surface area contributed by atoms with Crippen LogP contribution in [0.4, 0.5) is 24.8 Å². The number of nitrogens with one attached hydrogen (secondary N) is 3. The Morgan fingerprint density at radius 1 is 1.10 bits per heavy atom. The number of fused-ring (bicyclic) bond motifs is 3. The van der Waals surface area contributed by atoms with Crippen LogP contribution in [0.25, 0.3) is 0 Å². The highest BCUT2D eigenvalue weighted by atomic mass is 19.4. The molecule has 5 rings (SSSR count). The lowest BCUT2D eigenvalue weighted by atomic mass is 9.76. The lowest BCUT2D eigenvalue weighted by Gasteiger charge is -2.46. The van der Waals surface area contributed by atoms with Crippen LogP contribution in [0.15, 0.2) is 54.9 Å². The molecular formula is C22H22F3N5O. The zero-order chi connectivity index (χ0) is 21.4. The number of hydrogen-bond donors (Lipinski definition) is 3. The predicted molar refractivity (Wildman–Crippen MR) is 109 cm³/mol.